The maximum atomic E-state index is 12.3. The van der Waals surface area contributed by atoms with E-state index in [1.54, 1.807) is 20.8 Å². The number of esters is 1. The normalized spacial score (nSPS) is 14.0. The second-order valence-corrected chi connectivity index (χ2v) is 9.74. The van der Waals surface area contributed by atoms with Crippen LogP contribution < -0.4 is 9.46 Å². The van der Waals surface area contributed by atoms with Gasteiger partial charge in [-0.15, -0.1) is 0 Å². The van der Waals surface area contributed by atoms with Crippen molar-refractivity contribution in [1.82, 2.24) is 0 Å². The third-order valence-corrected chi connectivity index (χ3v) is 5.19. The summed E-state index contributed by atoms with van der Waals surface area (Å²) in [6.45, 7) is 3.95. The van der Waals surface area contributed by atoms with Crippen LogP contribution in [0.2, 0.25) is 0 Å². The Hall–Kier alpha value is -2.82. The molecule has 2 N–H and O–H groups in total. The monoisotopic (exact) mass is 443 g/mol. The number of carboxylic acid groups (broad SMARTS) is 1. The van der Waals surface area contributed by atoms with Gasteiger partial charge in [0.05, 0.1) is 5.75 Å². The van der Waals surface area contributed by atoms with E-state index in [1.807, 2.05) is 0 Å². The molecule has 0 atom stereocenters. The second kappa shape index (κ2) is 9.33. The first-order chi connectivity index (χ1) is 13.8. The van der Waals surface area contributed by atoms with Crippen molar-refractivity contribution >= 4 is 33.8 Å². The van der Waals surface area contributed by atoms with Crippen molar-refractivity contribution < 1.29 is 42.1 Å². The first kappa shape index (κ1) is 23.5. The molecule has 0 saturated heterocycles. The van der Waals surface area contributed by atoms with Gasteiger partial charge < -0.3 is 19.3 Å². The molecule has 0 unspecified atom stereocenters. The number of hydrogen-bond donors (Lipinski definition) is 2. The molecule has 1 saturated carbocycles. The van der Waals surface area contributed by atoms with Crippen molar-refractivity contribution in [2.45, 2.75) is 45.6 Å². The van der Waals surface area contributed by atoms with Crippen molar-refractivity contribution in [3.8, 4) is 5.75 Å². The average Bonchev–Trinajstić information content (AvgIpc) is 3.42. The summed E-state index contributed by atoms with van der Waals surface area (Å²) in [6, 6.07) is 3.61. The Kier molecular flexibility index (Phi) is 7.30. The summed E-state index contributed by atoms with van der Waals surface area (Å²) >= 11 is 0. The quantitative estimate of drug-likeness (QED) is 0.434. The minimum Gasteiger partial charge on any atom is -0.479 e. The van der Waals surface area contributed by atoms with Crippen LogP contribution in [0.5, 0.6) is 5.75 Å². The summed E-state index contributed by atoms with van der Waals surface area (Å²) in [5, 5.41) is 8.69. The summed E-state index contributed by atoms with van der Waals surface area (Å²) in [5.74, 6) is -2.38. The highest BCUT2D eigenvalue weighted by atomic mass is 32.2. The average molecular weight is 443 g/mol. The van der Waals surface area contributed by atoms with Gasteiger partial charge in [-0.05, 0) is 51.3 Å². The first-order valence-corrected chi connectivity index (χ1v) is 10.9. The number of nitrogens with one attached hydrogen (secondary N) is 1. The van der Waals surface area contributed by atoms with Crippen molar-refractivity contribution in [2.75, 3.05) is 17.1 Å². The zero-order valence-corrected chi connectivity index (χ0v) is 17.8. The van der Waals surface area contributed by atoms with Gasteiger partial charge in [-0.2, -0.15) is 0 Å². The molecule has 2 rings (SSSR count). The van der Waals surface area contributed by atoms with Gasteiger partial charge in [0.25, 0.3) is 0 Å². The fourth-order valence-corrected chi connectivity index (χ4v) is 3.60. The summed E-state index contributed by atoms with van der Waals surface area (Å²) in [4.78, 5) is 34.9. The molecule has 0 aromatic heterocycles. The SMILES string of the molecule is CC(C)(C)OC(=O)Oc1ccc(NS(=O)(=O)CCC2CC2)cc1C(=O)OCC(=O)O. The molecule has 0 heterocycles. The Labute approximate surface area is 174 Å². The van der Waals surface area contributed by atoms with Gasteiger partial charge in [0, 0.05) is 5.69 Å². The lowest BCUT2D eigenvalue weighted by Crippen LogP contribution is -2.26. The molecule has 0 radical (unpaired) electrons. The molecule has 166 valence electrons. The number of carboxylic acids is 1. The lowest BCUT2D eigenvalue weighted by molar-refractivity contribution is -0.140. The van der Waals surface area contributed by atoms with E-state index in [4.69, 9.17) is 14.6 Å². The third-order valence-electron chi connectivity index (χ3n) is 3.87. The molecule has 0 aliphatic heterocycles. The second-order valence-electron chi connectivity index (χ2n) is 7.90. The molecule has 0 spiro atoms. The molecule has 1 aromatic rings. The Morgan fingerprint density at radius 2 is 1.87 bits per heavy atom. The molecule has 1 aliphatic rings. The topological polar surface area (TPSA) is 145 Å². The predicted molar refractivity (Wildman–Crippen MR) is 106 cm³/mol. The zero-order chi connectivity index (χ0) is 22.5. The summed E-state index contributed by atoms with van der Waals surface area (Å²) in [5.41, 5.74) is -1.13. The van der Waals surface area contributed by atoms with Gasteiger partial charge in [-0.1, -0.05) is 12.8 Å². The largest absolute Gasteiger partial charge is 0.514 e. The molecule has 1 aromatic carbocycles. The van der Waals surface area contributed by atoms with E-state index < -0.39 is 40.3 Å². The number of sulfonamides is 1. The highest BCUT2D eigenvalue weighted by molar-refractivity contribution is 7.92. The van der Waals surface area contributed by atoms with Gasteiger partial charge >= 0.3 is 18.1 Å². The van der Waals surface area contributed by atoms with Crippen molar-refractivity contribution in [3.63, 3.8) is 0 Å². The summed E-state index contributed by atoms with van der Waals surface area (Å²) < 4.78 is 41.5. The predicted octanol–water partition coefficient (Wildman–Crippen LogP) is 2.78. The van der Waals surface area contributed by atoms with Crippen LogP contribution in [-0.2, 0) is 24.3 Å². The van der Waals surface area contributed by atoms with E-state index in [1.165, 1.54) is 12.1 Å². The van der Waals surface area contributed by atoms with Crippen LogP contribution >= 0.6 is 0 Å². The van der Waals surface area contributed by atoms with Crippen LogP contribution in [0.1, 0.15) is 50.4 Å². The minimum absolute atomic E-state index is 0.0459. The lowest BCUT2D eigenvalue weighted by atomic mass is 10.2. The Morgan fingerprint density at radius 1 is 1.20 bits per heavy atom. The highest BCUT2D eigenvalue weighted by Crippen LogP contribution is 2.33. The van der Waals surface area contributed by atoms with E-state index in [0.29, 0.717) is 12.3 Å². The highest BCUT2D eigenvalue weighted by Gasteiger charge is 2.25. The Bertz CT molecular complexity index is 914. The standard InChI is InChI=1S/C19H25NO9S/c1-19(2,3)29-18(24)28-15-7-6-13(10-14(15)17(23)27-11-16(21)22)20-30(25,26)9-8-12-4-5-12/h6-7,10,12,20H,4-5,8-9,11H2,1-3H3,(H,21,22). The molecule has 11 heteroatoms. The van der Waals surface area contributed by atoms with E-state index >= 15 is 0 Å². The van der Waals surface area contributed by atoms with E-state index in [2.05, 4.69) is 9.46 Å². The van der Waals surface area contributed by atoms with Crippen LogP contribution in [0.4, 0.5) is 10.5 Å². The molecule has 1 fully saturated rings. The number of rotatable bonds is 9. The number of carbonyl (C=O) groups excluding carboxylic acids is 2. The van der Waals surface area contributed by atoms with Crippen LogP contribution in [-0.4, -0.2) is 49.6 Å². The zero-order valence-electron chi connectivity index (χ0n) is 17.0. The smallest absolute Gasteiger partial charge is 0.479 e. The fraction of sp³-hybridized carbons (Fsp3) is 0.526. The maximum Gasteiger partial charge on any atom is 0.514 e. The number of anilines is 1. The van der Waals surface area contributed by atoms with E-state index in [0.717, 1.165) is 18.9 Å². The molecule has 0 bridgehead atoms. The van der Waals surface area contributed by atoms with Crippen molar-refractivity contribution in [3.05, 3.63) is 23.8 Å². The fourth-order valence-electron chi connectivity index (χ4n) is 2.37. The van der Waals surface area contributed by atoms with Crippen molar-refractivity contribution in [2.24, 2.45) is 5.92 Å². The van der Waals surface area contributed by atoms with Crippen LogP contribution in [0.3, 0.4) is 0 Å². The number of ether oxygens (including phenoxy) is 3. The van der Waals surface area contributed by atoms with Gasteiger partial charge in [-0.3, -0.25) is 4.72 Å². The van der Waals surface area contributed by atoms with E-state index in [9.17, 15) is 22.8 Å². The molecule has 1 aliphatic carbocycles. The van der Waals surface area contributed by atoms with Gasteiger partial charge in [0.2, 0.25) is 10.0 Å². The number of benzene rings is 1. The van der Waals surface area contributed by atoms with Gasteiger partial charge in [-0.25, -0.2) is 22.8 Å². The number of hydrogen-bond acceptors (Lipinski definition) is 8. The summed E-state index contributed by atoms with van der Waals surface area (Å²) in [7, 11) is -3.65. The van der Waals surface area contributed by atoms with E-state index in [-0.39, 0.29) is 22.8 Å². The first-order valence-electron chi connectivity index (χ1n) is 9.29. The van der Waals surface area contributed by atoms with Gasteiger partial charge in [0.1, 0.15) is 16.9 Å². The van der Waals surface area contributed by atoms with Crippen LogP contribution in [0.15, 0.2) is 18.2 Å². The number of carbonyl (C=O) groups is 3. The Balaban J connectivity index is 2.21. The van der Waals surface area contributed by atoms with Gasteiger partial charge in [0.15, 0.2) is 6.61 Å². The number of aliphatic carboxylic acids is 1. The van der Waals surface area contributed by atoms with Crippen LogP contribution in [0, 0.1) is 5.92 Å². The van der Waals surface area contributed by atoms with Crippen LogP contribution in [0.25, 0.3) is 0 Å². The Morgan fingerprint density at radius 3 is 2.43 bits per heavy atom. The molecule has 10 nitrogen and oxygen atoms in total. The molecule has 30 heavy (non-hydrogen) atoms. The maximum absolute atomic E-state index is 12.3. The third kappa shape index (κ3) is 8.27. The molecular weight excluding hydrogens is 418 g/mol. The molecule has 0 amide bonds. The molecular formula is C19H25NO9S. The van der Waals surface area contributed by atoms with Crippen molar-refractivity contribution in [1.29, 1.82) is 0 Å². The minimum atomic E-state index is -3.65. The lowest BCUT2D eigenvalue weighted by Gasteiger charge is -2.19. The summed E-state index contributed by atoms with van der Waals surface area (Å²) in [6.07, 6.45) is 1.49.